The van der Waals surface area contributed by atoms with Gasteiger partial charge in [0.25, 0.3) is 0 Å². The predicted octanol–water partition coefficient (Wildman–Crippen LogP) is 2.34. The molecule has 4 rings (SSSR count). The van der Waals surface area contributed by atoms with Crippen molar-refractivity contribution < 1.29 is 33.0 Å². The number of fused-ring (bicyclic) bond motifs is 1. The first kappa shape index (κ1) is 25.9. The largest absolute Gasteiger partial charge is 0.490 e. The second-order valence-electron chi connectivity index (χ2n) is 8.93. The van der Waals surface area contributed by atoms with Gasteiger partial charge in [-0.1, -0.05) is 0 Å². The molecule has 11 heteroatoms. The Morgan fingerprint density at radius 1 is 1.12 bits per heavy atom. The topological polar surface area (TPSA) is 93.1 Å². The van der Waals surface area contributed by atoms with E-state index in [1.165, 1.54) is 10.4 Å². The summed E-state index contributed by atoms with van der Waals surface area (Å²) < 4.78 is 31.7. The molecule has 1 atom stereocenters. The molecule has 4 heterocycles. The molecular formula is C22H32F3N3O4S. The van der Waals surface area contributed by atoms with E-state index in [1.807, 2.05) is 16.2 Å². The molecule has 3 aliphatic heterocycles. The number of alkyl halides is 3. The standard InChI is InChI=1S/C20H31N3O2S.C2HF3O2/c24-19(23-11-5-18-17(13-23)6-12-26-18)14-22-9-3-16(4-10-22)20(25)15-1-7-21-8-2-15;3-2(4,5)1(6)7/h6,12,15-16,20-21,25H,1-5,7-11,13-14H2;(H,6,7). The summed E-state index contributed by atoms with van der Waals surface area (Å²) in [5.74, 6) is -1.62. The molecule has 1 unspecified atom stereocenters. The van der Waals surface area contributed by atoms with Crippen LogP contribution >= 0.6 is 11.3 Å². The molecule has 0 aliphatic carbocycles. The van der Waals surface area contributed by atoms with Crippen LogP contribution < -0.4 is 5.32 Å². The number of rotatable bonds is 4. The van der Waals surface area contributed by atoms with Gasteiger partial charge in [0.15, 0.2) is 0 Å². The number of carbonyl (C=O) groups excluding carboxylic acids is 1. The fraction of sp³-hybridized carbons (Fsp3) is 0.727. The second kappa shape index (κ2) is 11.6. The zero-order valence-corrected chi connectivity index (χ0v) is 19.3. The highest BCUT2D eigenvalue weighted by molar-refractivity contribution is 7.10. The van der Waals surface area contributed by atoms with Crippen LogP contribution in [0.5, 0.6) is 0 Å². The van der Waals surface area contributed by atoms with Crippen LogP contribution in [0.3, 0.4) is 0 Å². The van der Waals surface area contributed by atoms with E-state index in [1.54, 1.807) is 0 Å². The molecule has 0 spiro atoms. The van der Waals surface area contributed by atoms with Crippen molar-refractivity contribution in [1.29, 1.82) is 0 Å². The quantitative estimate of drug-likeness (QED) is 0.599. The number of hydrogen-bond acceptors (Lipinski definition) is 6. The molecule has 7 nitrogen and oxygen atoms in total. The normalized spacial score (nSPS) is 21.6. The van der Waals surface area contributed by atoms with E-state index in [-0.39, 0.29) is 12.0 Å². The Morgan fingerprint density at radius 3 is 2.33 bits per heavy atom. The summed E-state index contributed by atoms with van der Waals surface area (Å²) in [5, 5.41) is 23.4. The van der Waals surface area contributed by atoms with Gasteiger partial charge in [-0.15, -0.1) is 11.3 Å². The van der Waals surface area contributed by atoms with Crippen LogP contribution in [0.2, 0.25) is 0 Å². The lowest BCUT2D eigenvalue weighted by molar-refractivity contribution is -0.192. The van der Waals surface area contributed by atoms with Gasteiger partial charge in [-0.3, -0.25) is 9.69 Å². The number of amides is 1. The van der Waals surface area contributed by atoms with Crippen LogP contribution in [0, 0.1) is 11.8 Å². The third kappa shape index (κ3) is 7.40. The number of aliphatic hydroxyl groups is 1. The molecule has 0 radical (unpaired) electrons. The first-order chi connectivity index (χ1) is 15.6. The number of aliphatic hydroxyl groups excluding tert-OH is 1. The number of nitrogens with zero attached hydrogens (tertiary/aromatic N) is 2. The Kier molecular flexibility index (Phi) is 9.14. The maximum atomic E-state index is 12.7. The Morgan fingerprint density at radius 2 is 1.73 bits per heavy atom. The number of halogens is 3. The SMILES string of the molecule is O=C(CN1CCC(C(O)C2CCNCC2)CC1)N1CCc2sccc2C1.O=C(O)C(F)(F)F. The Balaban J connectivity index is 0.000000383. The lowest BCUT2D eigenvalue weighted by Crippen LogP contribution is -2.47. The Labute approximate surface area is 195 Å². The van der Waals surface area contributed by atoms with Crippen molar-refractivity contribution in [3.63, 3.8) is 0 Å². The van der Waals surface area contributed by atoms with E-state index < -0.39 is 12.1 Å². The molecule has 1 aromatic heterocycles. The van der Waals surface area contributed by atoms with E-state index in [9.17, 15) is 23.1 Å². The smallest absolute Gasteiger partial charge is 0.475 e. The molecule has 0 saturated carbocycles. The van der Waals surface area contributed by atoms with Crippen LogP contribution in [-0.2, 0) is 22.6 Å². The van der Waals surface area contributed by atoms with Crippen LogP contribution in [0.1, 0.15) is 36.1 Å². The van der Waals surface area contributed by atoms with Gasteiger partial charge in [0.1, 0.15) is 0 Å². The number of hydrogen-bond donors (Lipinski definition) is 3. The van der Waals surface area contributed by atoms with Gasteiger partial charge in [0, 0.05) is 18.0 Å². The molecule has 186 valence electrons. The van der Waals surface area contributed by atoms with E-state index in [2.05, 4.69) is 21.7 Å². The molecule has 1 aromatic rings. The molecule has 0 bridgehead atoms. The zero-order chi connectivity index (χ0) is 24.0. The molecule has 1 amide bonds. The number of likely N-dealkylation sites (tertiary alicyclic amines) is 1. The number of piperidine rings is 2. The van der Waals surface area contributed by atoms with Crippen molar-refractivity contribution in [3.8, 4) is 0 Å². The number of aliphatic carboxylic acids is 1. The number of thiophene rings is 1. The Bertz CT molecular complexity index is 790. The van der Waals surface area contributed by atoms with Crippen molar-refractivity contribution in [2.75, 3.05) is 39.3 Å². The molecule has 0 aromatic carbocycles. The summed E-state index contributed by atoms with van der Waals surface area (Å²) in [7, 11) is 0. The van der Waals surface area contributed by atoms with Gasteiger partial charge in [-0.05, 0) is 87.1 Å². The fourth-order valence-electron chi connectivity index (χ4n) is 4.78. The summed E-state index contributed by atoms with van der Waals surface area (Å²) in [6, 6.07) is 2.16. The van der Waals surface area contributed by atoms with Crippen molar-refractivity contribution in [2.24, 2.45) is 11.8 Å². The second-order valence-corrected chi connectivity index (χ2v) is 9.93. The summed E-state index contributed by atoms with van der Waals surface area (Å²) in [6.45, 7) is 6.13. The van der Waals surface area contributed by atoms with Gasteiger partial charge >= 0.3 is 12.1 Å². The minimum atomic E-state index is -5.08. The highest BCUT2D eigenvalue weighted by Crippen LogP contribution is 2.29. The Hall–Kier alpha value is -1.69. The van der Waals surface area contributed by atoms with Crippen LogP contribution in [0.25, 0.3) is 0 Å². The third-order valence-corrected chi connectivity index (χ3v) is 7.77. The molecule has 33 heavy (non-hydrogen) atoms. The van der Waals surface area contributed by atoms with Gasteiger partial charge in [0.05, 0.1) is 12.6 Å². The van der Waals surface area contributed by atoms with Crippen LogP contribution in [0.4, 0.5) is 13.2 Å². The first-order valence-corrected chi connectivity index (χ1v) is 12.3. The monoisotopic (exact) mass is 491 g/mol. The predicted molar refractivity (Wildman–Crippen MR) is 118 cm³/mol. The molecule has 3 N–H and O–H groups in total. The van der Waals surface area contributed by atoms with Gasteiger partial charge in [-0.25, -0.2) is 4.79 Å². The summed E-state index contributed by atoms with van der Waals surface area (Å²) in [6.07, 6.45) is -0.00336. The van der Waals surface area contributed by atoms with Crippen molar-refractivity contribution in [1.82, 2.24) is 15.1 Å². The maximum Gasteiger partial charge on any atom is 0.490 e. The molecular weight excluding hydrogens is 459 g/mol. The molecule has 2 saturated heterocycles. The minimum Gasteiger partial charge on any atom is -0.475 e. The van der Waals surface area contributed by atoms with E-state index >= 15 is 0 Å². The highest BCUT2D eigenvalue weighted by Gasteiger charge is 2.38. The highest BCUT2D eigenvalue weighted by atomic mass is 32.1. The van der Waals surface area contributed by atoms with E-state index in [0.29, 0.717) is 18.4 Å². The summed E-state index contributed by atoms with van der Waals surface area (Å²) >= 11 is 1.81. The number of nitrogens with one attached hydrogen (secondary N) is 1. The summed E-state index contributed by atoms with van der Waals surface area (Å²) in [5.41, 5.74) is 1.33. The van der Waals surface area contributed by atoms with Gasteiger partial charge < -0.3 is 20.4 Å². The maximum absolute atomic E-state index is 12.7. The minimum absolute atomic E-state index is 0.158. The van der Waals surface area contributed by atoms with Crippen LogP contribution in [0.15, 0.2) is 11.4 Å². The first-order valence-electron chi connectivity index (χ1n) is 11.4. The average Bonchev–Trinajstić information content (AvgIpc) is 3.27. The average molecular weight is 492 g/mol. The van der Waals surface area contributed by atoms with Crippen molar-refractivity contribution in [2.45, 2.75) is 50.9 Å². The third-order valence-electron chi connectivity index (χ3n) is 6.74. The number of carboxylic acids is 1. The lowest BCUT2D eigenvalue weighted by atomic mass is 9.80. The van der Waals surface area contributed by atoms with E-state index in [0.717, 1.165) is 71.4 Å². The van der Waals surface area contributed by atoms with Gasteiger partial charge in [-0.2, -0.15) is 13.2 Å². The van der Waals surface area contributed by atoms with Crippen molar-refractivity contribution >= 4 is 23.2 Å². The summed E-state index contributed by atoms with van der Waals surface area (Å²) in [4.78, 5) is 27.3. The molecule has 3 aliphatic rings. The van der Waals surface area contributed by atoms with E-state index in [4.69, 9.17) is 9.90 Å². The number of carbonyl (C=O) groups is 2. The number of carboxylic acid groups (broad SMARTS) is 1. The fourth-order valence-corrected chi connectivity index (χ4v) is 5.67. The van der Waals surface area contributed by atoms with Crippen molar-refractivity contribution in [3.05, 3.63) is 21.9 Å². The lowest BCUT2D eigenvalue weighted by Gasteiger charge is -2.38. The van der Waals surface area contributed by atoms with Crippen LogP contribution in [-0.4, -0.2) is 83.4 Å². The van der Waals surface area contributed by atoms with Gasteiger partial charge in [0.2, 0.25) is 5.91 Å². The zero-order valence-electron chi connectivity index (χ0n) is 18.5. The molecule has 2 fully saturated rings.